The highest BCUT2D eigenvalue weighted by atomic mass is 79.9. The standard InChI is InChI=1S/C17H26BrClN2/c1-3-21(14-6-4-5-7-14)11-10-17(20-2)15-9-8-13(18)12-16(15)19/h8-9,12,14,17,20H,3-7,10-11H2,1-2H3. The van der Waals surface area contributed by atoms with Gasteiger partial charge in [-0.25, -0.2) is 0 Å². The SMILES string of the molecule is CCN(CCC(NC)c1ccc(Br)cc1Cl)C1CCCC1. The molecule has 0 heterocycles. The molecule has 1 N–H and O–H groups in total. The number of nitrogens with zero attached hydrogens (tertiary/aromatic N) is 1. The smallest absolute Gasteiger partial charge is 0.0465 e. The van der Waals surface area contributed by atoms with Crippen molar-refractivity contribution in [2.24, 2.45) is 0 Å². The average molecular weight is 374 g/mol. The molecule has 0 bridgehead atoms. The lowest BCUT2D eigenvalue weighted by molar-refractivity contribution is 0.199. The van der Waals surface area contributed by atoms with Crippen LogP contribution < -0.4 is 5.32 Å². The number of rotatable bonds is 7. The van der Waals surface area contributed by atoms with Crippen molar-refractivity contribution in [3.63, 3.8) is 0 Å². The summed E-state index contributed by atoms with van der Waals surface area (Å²) in [6.07, 6.45) is 6.64. The van der Waals surface area contributed by atoms with Gasteiger partial charge < -0.3 is 10.2 Å². The minimum absolute atomic E-state index is 0.320. The van der Waals surface area contributed by atoms with Crippen LogP contribution in [-0.2, 0) is 0 Å². The monoisotopic (exact) mass is 372 g/mol. The van der Waals surface area contributed by atoms with Gasteiger partial charge in [0.25, 0.3) is 0 Å². The summed E-state index contributed by atoms with van der Waals surface area (Å²) < 4.78 is 1.03. The summed E-state index contributed by atoms with van der Waals surface area (Å²) >= 11 is 9.87. The number of halogens is 2. The maximum Gasteiger partial charge on any atom is 0.0465 e. The molecule has 1 aliphatic carbocycles. The molecule has 0 radical (unpaired) electrons. The molecule has 0 spiro atoms. The number of nitrogens with one attached hydrogen (secondary N) is 1. The third-order valence-corrected chi connectivity index (χ3v) is 5.46. The molecule has 1 atom stereocenters. The maximum absolute atomic E-state index is 6.40. The van der Waals surface area contributed by atoms with E-state index in [1.807, 2.05) is 13.1 Å². The van der Waals surface area contributed by atoms with E-state index in [0.29, 0.717) is 6.04 Å². The Bertz CT molecular complexity index is 446. The van der Waals surface area contributed by atoms with Gasteiger partial charge in [-0.3, -0.25) is 0 Å². The van der Waals surface area contributed by atoms with Crippen LogP contribution in [-0.4, -0.2) is 31.1 Å². The highest BCUT2D eigenvalue weighted by Gasteiger charge is 2.22. The molecule has 1 aromatic rings. The van der Waals surface area contributed by atoms with Crippen molar-refractivity contribution in [3.05, 3.63) is 33.3 Å². The van der Waals surface area contributed by atoms with E-state index in [1.165, 1.54) is 31.2 Å². The largest absolute Gasteiger partial charge is 0.313 e. The Kier molecular flexibility index (Phi) is 7.00. The zero-order valence-corrected chi connectivity index (χ0v) is 15.4. The molecule has 1 unspecified atom stereocenters. The van der Waals surface area contributed by atoms with Crippen molar-refractivity contribution in [2.75, 3.05) is 20.1 Å². The lowest BCUT2D eigenvalue weighted by atomic mass is 10.0. The lowest BCUT2D eigenvalue weighted by Crippen LogP contribution is -2.35. The summed E-state index contributed by atoms with van der Waals surface area (Å²) in [5, 5.41) is 4.26. The Morgan fingerprint density at radius 2 is 2.10 bits per heavy atom. The van der Waals surface area contributed by atoms with Crippen molar-refractivity contribution < 1.29 is 0 Å². The summed E-state index contributed by atoms with van der Waals surface area (Å²) in [5.74, 6) is 0. The fourth-order valence-corrected chi connectivity index (χ4v) is 4.21. The Morgan fingerprint density at radius 1 is 1.38 bits per heavy atom. The molecule has 0 saturated heterocycles. The third-order valence-electron chi connectivity index (χ3n) is 4.64. The van der Waals surface area contributed by atoms with Gasteiger partial charge in [-0.05, 0) is 50.6 Å². The first-order valence-corrected chi connectivity index (χ1v) is 9.19. The van der Waals surface area contributed by atoms with Crippen molar-refractivity contribution in [2.45, 2.75) is 51.1 Å². The molecule has 1 fully saturated rings. The second-order valence-electron chi connectivity index (χ2n) is 5.86. The van der Waals surface area contributed by atoms with Gasteiger partial charge in [0.2, 0.25) is 0 Å². The van der Waals surface area contributed by atoms with E-state index >= 15 is 0 Å². The molecule has 1 aromatic carbocycles. The molecule has 0 aliphatic heterocycles. The summed E-state index contributed by atoms with van der Waals surface area (Å²) in [6, 6.07) is 7.30. The van der Waals surface area contributed by atoms with Crippen LogP contribution in [0.4, 0.5) is 0 Å². The van der Waals surface area contributed by atoms with E-state index in [-0.39, 0.29) is 0 Å². The fraction of sp³-hybridized carbons (Fsp3) is 0.647. The molecule has 1 aliphatic rings. The van der Waals surface area contributed by atoms with E-state index in [1.54, 1.807) is 0 Å². The molecule has 0 aromatic heterocycles. The van der Waals surface area contributed by atoms with Gasteiger partial charge in [-0.1, -0.05) is 53.4 Å². The van der Waals surface area contributed by atoms with Gasteiger partial charge in [-0.2, -0.15) is 0 Å². The Hall–Kier alpha value is -0.0900. The second kappa shape index (κ2) is 8.52. The van der Waals surface area contributed by atoms with Crippen LogP contribution in [0.1, 0.15) is 50.6 Å². The maximum atomic E-state index is 6.40. The van der Waals surface area contributed by atoms with Crippen molar-refractivity contribution >= 4 is 27.5 Å². The predicted octanol–water partition coefficient (Wildman–Crippen LogP) is 5.02. The highest BCUT2D eigenvalue weighted by molar-refractivity contribution is 9.10. The number of hydrogen-bond acceptors (Lipinski definition) is 2. The van der Waals surface area contributed by atoms with E-state index < -0.39 is 0 Å². The number of hydrogen-bond donors (Lipinski definition) is 1. The second-order valence-corrected chi connectivity index (χ2v) is 7.19. The van der Waals surface area contributed by atoms with Gasteiger partial charge in [0.15, 0.2) is 0 Å². The zero-order chi connectivity index (χ0) is 15.2. The molecular weight excluding hydrogens is 348 g/mol. The van der Waals surface area contributed by atoms with Gasteiger partial charge in [0, 0.05) is 28.1 Å². The van der Waals surface area contributed by atoms with E-state index in [2.05, 4.69) is 45.2 Å². The van der Waals surface area contributed by atoms with E-state index in [0.717, 1.165) is 35.0 Å². The minimum Gasteiger partial charge on any atom is -0.313 e. The summed E-state index contributed by atoms with van der Waals surface area (Å²) in [7, 11) is 2.02. The Balaban J connectivity index is 1.97. The van der Waals surface area contributed by atoms with Crippen LogP contribution in [0.3, 0.4) is 0 Å². The van der Waals surface area contributed by atoms with Crippen LogP contribution in [0.15, 0.2) is 22.7 Å². The molecule has 21 heavy (non-hydrogen) atoms. The molecule has 118 valence electrons. The molecule has 1 saturated carbocycles. The molecule has 4 heteroatoms. The van der Waals surface area contributed by atoms with Gasteiger partial charge in [-0.15, -0.1) is 0 Å². The molecule has 2 rings (SSSR count). The topological polar surface area (TPSA) is 15.3 Å². The van der Waals surface area contributed by atoms with Gasteiger partial charge >= 0.3 is 0 Å². The number of benzene rings is 1. The Labute approximate surface area is 142 Å². The van der Waals surface area contributed by atoms with Gasteiger partial charge in [0.05, 0.1) is 0 Å². The summed E-state index contributed by atoms with van der Waals surface area (Å²) in [5.41, 5.74) is 1.20. The lowest BCUT2D eigenvalue weighted by Gasteiger charge is -2.29. The van der Waals surface area contributed by atoms with Crippen LogP contribution in [0, 0.1) is 0 Å². The first kappa shape index (κ1) is 17.3. The van der Waals surface area contributed by atoms with Crippen LogP contribution >= 0.6 is 27.5 Å². The normalized spacial score (nSPS) is 17.6. The zero-order valence-electron chi connectivity index (χ0n) is 13.0. The molecule has 2 nitrogen and oxygen atoms in total. The Morgan fingerprint density at radius 3 is 2.67 bits per heavy atom. The third kappa shape index (κ3) is 4.69. The molecular formula is C17H26BrClN2. The first-order valence-electron chi connectivity index (χ1n) is 8.02. The quantitative estimate of drug-likeness (QED) is 0.722. The van der Waals surface area contributed by atoms with Crippen LogP contribution in [0.25, 0.3) is 0 Å². The van der Waals surface area contributed by atoms with E-state index in [9.17, 15) is 0 Å². The van der Waals surface area contributed by atoms with Crippen molar-refractivity contribution in [1.29, 1.82) is 0 Å². The van der Waals surface area contributed by atoms with E-state index in [4.69, 9.17) is 11.6 Å². The van der Waals surface area contributed by atoms with Crippen LogP contribution in [0.5, 0.6) is 0 Å². The van der Waals surface area contributed by atoms with Crippen molar-refractivity contribution in [1.82, 2.24) is 10.2 Å². The van der Waals surface area contributed by atoms with Crippen LogP contribution in [0.2, 0.25) is 5.02 Å². The fourth-order valence-electron chi connectivity index (χ4n) is 3.40. The van der Waals surface area contributed by atoms with Gasteiger partial charge in [0.1, 0.15) is 0 Å². The summed E-state index contributed by atoms with van der Waals surface area (Å²) in [6.45, 7) is 4.56. The van der Waals surface area contributed by atoms with Crippen molar-refractivity contribution in [3.8, 4) is 0 Å². The highest BCUT2D eigenvalue weighted by Crippen LogP contribution is 2.29. The molecule has 0 amide bonds. The summed E-state index contributed by atoms with van der Waals surface area (Å²) in [4.78, 5) is 2.64. The average Bonchev–Trinajstić information content (AvgIpc) is 2.99. The minimum atomic E-state index is 0.320. The predicted molar refractivity (Wildman–Crippen MR) is 95.1 cm³/mol. The first-order chi connectivity index (χ1) is 10.2.